The monoisotopic (exact) mass is 276 g/mol. The Morgan fingerprint density at radius 3 is 2.79 bits per heavy atom. The quantitative estimate of drug-likeness (QED) is 0.855. The number of para-hydroxylation sites is 1. The molecule has 0 aliphatic carbocycles. The topological polar surface area (TPSA) is 33.2 Å². The van der Waals surface area contributed by atoms with Crippen molar-refractivity contribution in [3.63, 3.8) is 0 Å². The normalized spacial score (nSPS) is 12.4. The summed E-state index contributed by atoms with van der Waals surface area (Å²) in [5.41, 5.74) is 1.14. The summed E-state index contributed by atoms with van der Waals surface area (Å²) in [5, 5.41) is 1.43. The maximum atomic E-state index is 12.3. The van der Waals surface area contributed by atoms with Gasteiger partial charge < -0.3 is 4.90 Å². The van der Waals surface area contributed by atoms with Gasteiger partial charge in [-0.15, -0.1) is 0 Å². The zero-order chi connectivity index (χ0) is 14.0. The minimum atomic E-state index is -0.0954. The molecule has 2 rings (SSSR count). The molecule has 1 aromatic heterocycles. The molecule has 100 valence electrons. The lowest BCUT2D eigenvalue weighted by Crippen LogP contribution is -2.35. The molecule has 0 aliphatic rings. The van der Waals surface area contributed by atoms with Crippen LogP contribution in [0, 0.1) is 0 Å². The Bertz CT molecular complexity index is 612. The highest BCUT2D eigenvalue weighted by Gasteiger charge is 2.18. The van der Waals surface area contributed by atoms with E-state index in [1.54, 1.807) is 18.0 Å². The Hall–Kier alpha value is -1.61. The number of rotatable bonds is 3. The summed E-state index contributed by atoms with van der Waals surface area (Å²) in [6, 6.07) is 9.38. The molecule has 0 N–H and O–H groups in total. The van der Waals surface area contributed by atoms with Crippen molar-refractivity contribution in [1.82, 2.24) is 9.88 Å². The number of carbonyl (C=O) groups is 1. The first-order valence-corrected chi connectivity index (χ1v) is 6.74. The van der Waals surface area contributed by atoms with E-state index in [1.807, 2.05) is 31.2 Å². The van der Waals surface area contributed by atoms with E-state index in [0.717, 1.165) is 17.3 Å². The molecule has 0 fully saturated rings. The molecule has 1 aromatic carbocycles. The molecule has 1 heterocycles. The van der Waals surface area contributed by atoms with E-state index in [-0.39, 0.29) is 11.9 Å². The van der Waals surface area contributed by atoms with Gasteiger partial charge in [0, 0.05) is 18.5 Å². The molecule has 1 amide bonds. The minimum absolute atomic E-state index is 0.0954. The highest BCUT2D eigenvalue weighted by molar-refractivity contribution is 6.35. The third kappa shape index (κ3) is 2.71. The van der Waals surface area contributed by atoms with Gasteiger partial charge in [0.2, 0.25) is 0 Å². The third-order valence-corrected chi connectivity index (χ3v) is 3.77. The molecule has 4 heteroatoms. The minimum Gasteiger partial charge on any atom is -0.338 e. The van der Waals surface area contributed by atoms with Gasteiger partial charge in [-0.2, -0.15) is 0 Å². The van der Waals surface area contributed by atoms with Crippen molar-refractivity contribution in [2.24, 2.45) is 0 Å². The summed E-state index contributed by atoms with van der Waals surface area (Å²) in [4.78, 5) is 18.4. The number of halogens is 1. The fourth-order valence-corrected chi connectivity index (χ4v) is 2.16. The van der Waals surface area contributed by atoms with Gasteiger partial charge in [0.25, 0.3) is 5.91 Å². The van der Waals surface area contributed by atoms with Crippen LogP contribution in [0.3, 0.4) is 0 Å². The predicted octanol–water partition coefficient (Wildman–Crippen LogP) is 3.76. The SMILES string of the molecule is CCC(C)N(C)C(=O)c1cc(Cl)c2ccccc2n1. The lowest BCUT2D eigenvalue weighted by Gasteiger charge is -2.23. The first-order valence-electron chi connectivity index (χ1n) is 6.37. The standard InChI is InChI=1S/C15H17ClN2O/c1-4-10(2)18(3)15(19)14-9-12(16)11-7-5-6-8-13(11)17-14/h5-10H,4H2,1-3H3. The highest BCUT2D eigenvalue weighted by atomic mass is 35.5. The van der Waals surface area contributed by atoms with E-state index in [0.29, 0.717) is 10.7 Å². The van der Waals surface area contributed by atoms with Crippen molar-refractivity contribution >= 4 is 28.4 Å². The van der Waals surface area contributed by atoms with Crippen LogP contribution in [0.2, 0.25) is 5.02 Å². The van der Waals surface area contributed by atoms with Gasteiger partial charge in [0.15, 0.2) is 0 Å². The van der Waals surface area contributed by atoms with Crippen molar-refractivity contribution in [2.75, 3.05) is 7.05 Å². The Labute approximate surface area is 118 Å². The second-order valence-electron chi connectivity index (χ2n) is 4.68. The lowest BCUT2D eigenvalue weighted by atomic mass is 10.1. The van der Waals surface area contributed by atoms with Crippen LogP contribution in [0.5, 0.6) is 0 Å². The Kier molecular flexibility index (Phi) is 4.05. The summed E-state index contributed by atoms with van der Waals surface area (Å²) in [6.45, 7) is 4.07. The summed E-state index contributed by atoms with van der Waals surface area (Å²) < 4.78 is 0. The molecule has 19 heavy (non-hydrogen) atoms. The number of hydrogen-bond acceptors (Lipinski definition) is 2. The van der Waals surface area contributed by atoms with Gasteiger partial charge in [-0.3, -0.25) is 4.79 Å². The molecule has 3 nitrogen and oxygen atoms in total. The van der Waals surface area contributed by atoms with E-state index < -0.39 is 0 Å². The van der Waals surface area contributed by atoms with Crippen LogP contribution in [0.4, 0.5) is 0 Å². The molecule has 2 aromatic rings. The summed E-state index contributed by atoms with van der Waals surface area (Å²) in [6.07, 6.45) is 0.906. The van der Waals surface area contributed by atoms with Crippen molar-refractivity contribution in [2.45, 2.75) is 26.3 Å². The maximum Gasteiger partial charge on any atom is 0.272 e. The summed E-state index contributed by atoms with van der Waals surface area (Å²) in [5.74, 6) is -0.0954. The van der Waals surface area contributed by atoms with E-state index in [1.165, 1.54) is 0 Å². The van der Waals surface area contributed by atoms with Crippen LogP contribution < -0.4 is 0 Å². The fourth-order valence-electron chi connectivity index (χ4n) is 1.90. The number of benzene rings is 1. The Morgan fingerprint density at radius 1 is 1.42 bits per heavy atom. The molecule has 1 unspecified atom stereocenters. The lowest BCUT2D eigenvalue weighted by molar-refractivity contribution is 0.0735. The molecule has 0 aliphatic heterocycles. The van der Waals surface area contributed by atoms with Crippen LogP contribution in [0.15, 0.2) is 30.3 Å². The zero-order valence-electron chi connectivity index (χ0n) is 11.4. The first kappa shape index (κ1) is 13.8. The average Bonchev–Trinajstić information content (AvgIpc) is 2.44. The second kappa shape index (κ2) is 5.57. The summed E-state index contributed by atoms with van der Waals surface area (Å²) >= 11 is 6.21. The predicted molar refractivity (Wildman–Crippen MR) is 78.6 cm³/mol. The molecular formula is C15H17ClN2O. The van der Waals surface area contributed by atoms with Crippen LogP contribution in [0.25, 0.3) is 10.9 Å². The van der Waals surface area contributed by atoms with Gasteiger partial charge in [0.05, 0.1) is 10.5 Å². The van der Waals surface area contributed by atoms with E-state index in [4.69, 9.17) is 11.6 Å². The van der Waals surface area contributed by atoms with E-state index >= 15 is 0 Å². The van der Waals surface area contributed by atoms with Crippen molar-refractivity contribution in [3.8, 4) is 0 Å². The third-order valence-electron chi connectivity index (χ3n) is 3.46. The molecular weight excluding hydrogens is 260 g/mol. The van der Waals surface area contributed by atoms with Crippen LogP contribution in [0.1, 0.15) is 30.8 Å². The van der Waals surface area contributed by atoms with Crippen LogP contribution in [-0.2, 0) is 0 Å². The van der Waals surface area contributed by atoms with Gasteiger partial charge in [-0.05, 0) is 25.5 Å². The maximum absolute atomic E-state index is 12.3. The second-order valence-corrected chi connectivity index (χ2v) is 5.09. The number of hydrogen-bond donors (Lipinski definition) is 0. The fraction of sp³-hybridized carbons (Fsp3) is 0.333. The zero-order valence-corrected chi connectivity index (χ0v) is 12.1. The van der Waals surface area contributed by atoms with Gasteiger partial charge >= 0.3 is 0 Å². The average molecular weight is 277 g/mol. The van der Waals surface area contributed by atoms with Crippen molar-refractivity contribution in [3.05, 3.63) is 41.0 Å². The number of pyridine rings is 1. The molecule has 0 radical (unpaired) electrons. The number of nitrogens with zero attached hydrogens (tertiary/aromatic N) is 2. The van der Waals surface area contributed by atoms with E-state index in [2.05, 4.69) is 11.9 Å². The van der Waals surface area contributed by atoms with Gasteiger partial charge in [0.1, 0.15) is 5.69 Å². The molecule has 0 spiro atoms. The Balaban J connectivity index is 2.43. The Morgan fingerprint density at radius 2 is 2.11 bits per heavy atom. The number of amides is 1. The van der Waals surface area contributed by atoms with E-state index in [9.17, 15) is 4.79 Å². The molecule has 0 saturated heterocycles. The number of fused-ring (bicyclic) bond motifs is 1. The largest absolute Gasteiger partial charge is 0.338 e. The van der Waals surface area contributed by atoms with Crippen LogP contribution >= 0.6 is 11.6 Å². The number of carbonyl (C=O) groups excluding carboxylic acids is 1. The van der Waals surface area contributed by atoms with Gasteiger partial charge in [-0.1, -0.05) is 36.7 Å². The molecule has 0 bridgehead atoms. The molecule has 0 saturated carbocycles. The number of aromatic nitrogens is 1. The van der Waals surface area contributed by atoms with Crippen molar-refractivity contribution in [1.29, 1.82) is 0 Å². The first-order chi connectivity index (χ1) is 9.04. The summed E-state index contributed by atoms with van der Waals surface area (Å²) in [7, 11) is 1.79. The molecule has 1 atom stereocenters. The van der Waals surface area contributed by atoms with Gasteiger partial charge in [-0.25, -0.2) is 4.98 Å². The van der Waals surface area contributed by atoms with Crippen LogP contribution in [-0.4, -0.2) is 28.9 Å². The highest BCUT2D eigenvalue weighted by Crippen LogP contribution is 2.23. The van der Waals surface area contributed by atoms with Crippen molar-refractivity contribution < 1.29 is 4.79 Å². The smallest absolute Gasteiger partial charge is 0.272 e.